The first kappa shape index (κ1) is 12.5. The van der Waals surface area contributed by atoms with Gasteiger partial charge in [0.15, 0.2) is 5.78 Å². The highest BCUT2D eigenvalue weighted by Crippen LogP contribution is 2.26. The van der Waals surface area contributed by atoms with Crippen LogP contribution in [0.4, 0.5) is 0 Å². The molecule has 0 heterocycles. The Morgan fingerprint density at radius 1 is 1.50 bits per heavy atom. The van der Waals surface area contributed by atoms with Crippen molar-refractivity contribution in [2.24, 2.45) is 5.92 Å². The fourth-order valence-electron chi connectivity index (χ4n) is 1.46. The van der Waals surface area contributed by atoms with Crippen molar-refractivity contribution in [1.29, 1.82) is 0 Å². The number of benzene rings is 1. The molecule has 1 rings (SSSR count). The Morgan fingerprint density at radius 3 is 2.62 bits per heavy atom. The summed E-state index contributed by atoms with van der Waals surface area (Å²) in [6, 6.07) is 4.50. The van der Waals surface area contributed by atoms with Crippen molar-refractivity contribution < 1.29 is 19.7 Å². The van der Waals surface area contributed by atoms with Gasteiger partial charge in [-0.2, -0.15) is 0 Å². The number of carbonyl (C=O) groups is 1. The Labute approximate surface area is 94.5 Å². The number of hydrogen-bond acceptors (Lipinski definition) is 4. The molecule has 0 aliphatic heterocycles. The van der Waals surface area contributed by atoms with Gasteiger partial charge in [0, 0.05) is 12.0 Å². The predicted octanol–water partition coefficient (Wildman–Crippen LogP) is 1.60. The largest absolute Gasteiger partial charge is 0.507 e. The number of aromatic hydroxyl groups is 1. The van der Waals surface area contributed by atoms with E-state index < -0.39 is 5.92 Å². The number of rotatable bonds is 5. The Morgan fingerprint density at radius 2 is 2.19 bits per heavy atom. The minimum absolute atomic E-state index is 0.115. The molecule has 0 saturated heterocycles. The van der Waals surface area contributed by atoms with Crippen LogP contribution < -0.4 is 4.74 Å². The van der Waals surface area contributed by atoms with Crippen molar-refractivity contribution in [3.8, 4) is 11.5 Å². The minimum Gasteiger partial charge on any atom is -0.507 e. The van der Waals surface area contributed by atoms with Crippen LogP contribution in [0.3, 0.4) is 0 Å². The Kier molecular flexibility index (Phi) is 4.31. The molecule has 0 bridgehead atoms. The summed E-state index contributed by atoms with van der Waals surface area (Å²) < 4.78 is 4.92. The first-order chi connectivity index (χ1) is 7.63. The molecule has 0 radical (unpaired) electrons. The highest BCUT2D eigenvalue weighted by Gasteiger charge is 2.20. The number of methoxy groups -OCH3 is 1. The standard InChI is InChI=1S/C12H16O4/c1-3-8(7-13)12(15)10-5-4-9(16-2)6-11(10)14/h4-6,8,13-14H,3,7H2,1-2H3. The predicted molar refractivity (Wildman–Crippen MR) is 59.9 cm³/mol. The van der Waals surface area contributed by atoms with E-state index in [0.717, 1.165) is 0 Å². The van der Waals surface area contributed by atoms with Crippen LogP contribution in [0.1, 0.15) is 23.7 Å². The summed E-state index contributed by atoms with van der Waals surface area (Å²) in [4.78, 5) is 11.9. The van der Waals surface area contributed by atoms with Crippen LogP contribution >= 0.6 is 0 Å². The molecule has 16 heavy (non-hydrogen) atoms. The fourth-order valence-corrected chi connectivity index (χ4v) is 1.46. The summed E-state index contributed by atoms with van der Waals surface area (Å²) in [5.41, 5.74) is 0.224. The average Bonchev–Trinajstić information content (AvgIpc) is 2.30. The van der Waals surface area contributed by atoms with Crippen LogP contribution in [-0.2, 0) is 0 Å². The van der Waals surface area contributed by atoms with E-state index in [0.29, 0.717) is 12.2 Å². The molecule has 1 atom stereocenters. The first-order valence-electron chi connectivity index (χ1n) is 5.16. The molecule has 4 heteroatoms. The Hall–Kier alpha value is -1.55. The molecule has 0 amide bonds. The second kappa shape index (κ2) is 5.51. The third kappa shape index (κ3) is 2.52. The van der Waals surface area contributed by atoms with Crippen LogP contribution in [0, 0.1) is 5.92 Å². The third-order valence-corrected chi connectivity index (χ3v) is 2.55. The Balaban J connectivity index is 3.00. The molecular formula is C12H16O4. The zero-order chi connectivity index (χ0) is 12.1. The van der Waals surface area contributed by atoms with Crippen LogP contribution in [0.5, 0.6) is 11.5 Å². The van der Waals surface area contributed by atoms with Crippen molar-refractivity contribution in [1.82, 2.24) is 0 Å². The van der Waals surface area contributed by atoms with E-state index in [2.05, 4.69) is 0 Å². The van der Waals surface area contributed by atoms with Crippen LogP contribution in [0.25, 0.3) is 0 Å². The molecular weight excluding hydrogens is 208 g/mol. The van der Waals surface area contributed by atoms with Gasteiger partial charge in [0.25, 0.3) is 0 Å². The maximum Gasteiger partial charge on any atom is 0.171 e. The van der Waals surface area contributed by atoms with Gasteiger partial charge in [-0.3, -0.25) is 4.79 Å². The van der Waals surface area contributed by atoms with Crippen LogP contribution in [0.15, 0.2) is 18.2 Å². The zero-order valence-corrected chi connectivity index (χ0v) is 9.43. The lowest BCUT2D eigenvalue weighted by atomic mass is 9.95. The van der Waals surface area contributed by atoms with Crippen molar-refractivity contribution in [3.05, 3.63) is 23.8 Å². The van der Waals surface area contributed by atoms with Gasteiger partial charge in [0.2, 0.25) is 0 Å². The summed E-state index contributed by atoms with van der Waals surface area (Å²) in [6.07, 6.45) is 0.542. The topological polar surface area (TPSA) is 66.8 Å². The number of carbonyl (C=O) groups excluding carboxylic acids is 1. The van der Waals surface area contributed by atoms with Crippen LogP contribution in [-0.4, -0.2) is 29.7 Å². The number of phenols is 1. The first-order valence-corrected chi connectivity index (χ1v) is 5.16. The number of ether oxygens (including phenoxy) is 1. The second-order valence-corrected chi connectivity index (χ2v) is 3.54. The SMILES string of the molecule is CCC(CO)C(=O)c1ccc(OC)cc1O. The maximum atomic E-state index is 11.9. The lowest BCUT2D eigenvalue weighted by Crippen LogP contribution is -2.17. The normalized spacial score (nSPS) is 12.2. The van der Waals surface area contributed by atoms with Crippen molar-refractivity contribution in [2.75, 3.05) is 13.7 Å². The van der Waals surface area contributed by atoms with E-state index in [1.165, 1.54) is 19.2 Å². The van der Waals surface area contributed by atoms with E-state index >= 15 is 0 Å². The quantitative estimate of drug-likeness (QED) is 0.745. The molecule has 0 aliphatic carbocycles. The van der Waals surface area contributed by atoms with Gasteiger partial charge in [-0.25, -0.2) is 0 Å². The fraction of sp³-hybridized carbons (Fsp3) is 0.417. The molecule has 0 aromatic heterocycles. The number of aliphatic hydroxyl groups is 1. The van der Waals surface area contributed by atoms with Gasteiger partial charge in [-0.1, -0.05) is 6.92 Å². The number of phenolic OH excluding ortho intramolecular Hbond substituents is 1. The van der Waals surface area contributed by atoms with Crippen LogP contribution in [0.2, 0.25) is 0 Å². The summed E-state index contributed by atoms with van der Waals surface area (Å²) >= 11 is 0. The number of ketones is 1. The molecule has 0 fully saturated rings. The summed E-state index contributed by atoms with van der Waals surface area (Å²) in [6.45, 7) is 1.61. The maximum absolute atomic E-state index is 11.9. The molecule has 88 valence electrons. The highest BCUT2D eigenvalue weighted by atomic mass is 16.5. The number of hydrogen-bond donors (Lipinski definition) is 2. The van der Waals surface area contributed by atoms with Gasteiger partial charge in [-0.15, -0.1) is 0 Å². The smallest absolute Gasteiger partial charge is 0.171 e. The summed E-state index contributed by atoms with van der Waals surface area (Å²) in [5, 5.41) is 18.7. The van der Waals surface area contributed by atoms with Gasteiger partial charge in [0.05, 0.1) is 19.3 Å². The van der Waals surface area contributed by atoms with Crippen molar-refractivity contribution in [3.63, 3.8) is 0 Å². The summed E-state index contributed by atoms with van der Waals surface area (Å²) in [7, 11) is 1.48. The average molecular weight is 224 g/mol. The third-order valence-electron chi connectivity index (χ3n) is 2.55. The molecule has 2 N–H and O–H groups in total. The molecule has 0 spiro atoms. The van der Waals surface area contributed by atoms with Crippen molar-refractivity contribution >= 4 is 5.78 Å². The Bertz CT molecular complexity index is 369. The van der Waals surface area contributed by atoms with E-state index in [-0.39, 0.29) is 23.7 Å². The van der Waals surface area contributed by atoms with Gasteiger partial charge in [0.1, 0.15) is 11.5 Å². The molecule has 1 aromatic rings. The van der Waals surface area contributed by atoms with E-state index in [1.54, 1.807) is 6.07 Å². The molecule has 0 aliphatic rings. The lowest BCUT2D eigenvalue weighted by Gasteiger charge is -2.12. The van der Waals surface area contributed by atoms with Crippen molar-refractivity contribution in [2.45, 2.75) is 13.3 Å². The molecule has 1 aromatic carbocycles. The van der Waals surface area contributed by atoms with Gasteiger partial charge >= 0.3 is 0 Å². The lowest BCUT2D eigenvalue weighted by molar-refractivity contribution is 0.0853. The van der Waals surface area contributed by atoms with E-state index in [9.17, 15) is 9.90 Å². The summed E-state index contributed by atoms with van der Waals surface area (Å²) in [5.74, 6) is -0.327. The monoisotopic (exact) mass is 224 g/mol. The molecule has 1 unspecified atom stereocenters. The molecule has 4 nitrogen and oxygen atoms in total. The van der Waals surface area contributed by atoms with E-state index in [1.807, 2.05) is 6.92 Å². The van der Waals surface area contributed by atoms with Gasteiger partial charge < -0.3 is 14.9 Å². The number of aliphatic hydroxyl groups excluding tert-OH is 1. The molecule has 0 saturated carbocycles. The highest BCUT2D eigenvalue weighted by molar-refractivity contribution is 6.00. The zero-order valence-electron chi connectivity index (χ0n) is 9.43. The minimum atomic E-state index is -0.459. The number of Topliss-reactive ketones (excluding diaryl/α,β-unsaturated/α-hetero) is 1. The van der Waals surface area contributed by atoms with E-state index in [4.69, 9.17) is 9.84 Å². The second-order valence-electron chi connectivity index (χ2n) is 3.54. The van der Waals surface area contributed by atoms with Gasteiger partial charge in [-0.05, 0) is 18.6 Å².